The number of nitrogens with zero attached hydrogens (tertiary/aromatic N) is 2. The number of likely N-dealkylation sites (tertiary alicyclic amines) is 1. The van der Waals surface area contributed by atoms with Gasteiger partial charge in [-0.05, 0) is 36.3 Å². The van der Waals surface area contributed by atoms with Crippen molar-refractivity contribution in [1.29, 1.82) is 0 Å². The van der Waals surface area contributed by atoms with Crippen LogP contribution in [-0.2, 0) is 17.8 Å². The maximum atomic E-state index is 12.1. The number of amides is 3. The van der Waals surface area contributed by atoms with Gasteiger partial charge in [-0.2, -0.15) is 0 Å². The van der Waals surface area contributed by atoms with E-state index in [-0.39, 0.29) is 18.5 Å². The van der Waals surface area contributed by atoms with Gasteiger partial charge in [0, 0.05) is 31.1 Å². The van der Waals surface area contributed by atoms with Gasteiger partial charge in [0.2, 0.25) is 5.91 Å². The highest BCUT2D eigenvalue weighted by atomic mass is 32.1. The van der Waals surface area contributed by atoms with Gasteiger partial charge < -0.3 is 15.1 Å². The van der Waals surface area contributed by atoms with Crippen molar-refractivity contribution in [2.45, 2.75) is 25.8 Å². The number of hydrogen-bond donors (Lipinski definition) is 1. The van der Waals surface area contributed by atoms with E-state index in [0.717, 1.165) is 38.9 Å². The number of thiophene rings is 1. The van der Waals surface area contributed by atoms with E-state index >= 15 is 0 Å². The first-order valence-corrected chi connectivity index (χ1v) is 7.98. The van der Waals surface area contributed by atoms with Gasteiger partial charge in [0.25, 0.3) is 0 Å². The van der Waals surface area contributed by atoms with Crippen LogP contribution in [0, 0.1) is 0 Å². The molecule has 0 radical (unpaired) electrons. The molecule has 1 aromatic rings. The van der Waals surface area contributed by atoms with Gasteiger partial charge in [0.1, 0.15) is 0 Å². The Hall–Kier alpha value is -1.56. The second-order valence-electron chi connectivity index (χ2n) is 5.29. The summed E-state index contributed by atoms with van der Waals surface area (Å²) in [5, 5.41) is 4.82. The lowest BCUT2D eigenvalue weighted by atomic mass is 10.1. The molecule has 108 valence electrons. The molecule has 6 heteroatoms. The number of fused-ring (bicyclic) bond motifs is 1. The largest absolute Gasteiger partial charge is 0.336 e. The Labute approximate surface area is 122 Å². The highest BCUT2D eigenvalue weighted by Gasteiger charge is 2.23. The van der Waals surface area contributed by atoms with E-state index in [2.05, 4.69) is 16.8 Å². The van der Waals surface area contributed by atoms with E-state index in [0.29, 0.717) is 6.54 Å². The quantitative estimate of drug-likeness (QED) is 0.897. The highest BCUT2D eigenvalue weighted by molar-refractivity contribution is 7.10. The predicted octanol–water partition coefficient (Wildman–Crippen LogP) is 1.44. The number of hydrogen-bond acceptors (Lipinski definition) is 3. The summed E-state index contributed by atoms with van der Waals surface area (Å²) < 4.78 is 0. The van der Waals surface area contributed by atoms with Gasteiger partial charge in [-0.3, -0.25) is 4.79 Å². The maximum Gasteiger partial charge on any atom is 0.317 e. The first-order chi connectivity index (χ1) is 9.74. The number of nitrogens with one attached hydrogen (secondary N) is 1. The van der Waals surface area contributed by atoms with Crippen LogP contribution in [0.5, 0.6) is 0 Å². The van der Waals surface area contributed by atoms with Crippen LogP contribution in [0.3, 0.4) is 0 Å². The van der Waals surface area contributed by atoms with Crippen LogP contribution >= 0.6 is 11.3 Å². The Morgan fingerprint density at radius 1 is 1.20 bits per heavy atom. The van der Waals surface area contributed by atoms with E-state index in [1.807, 2.05) is 4.90 Å². The van der Waals surface area contributed by atoms with Crippen molar-refractivity contribution < 1.29 is 9.59 Å². The second kappa shape index (κ2) is 5.83. The van der Waals surface area contributed by atoms with Crippen LogP contribution in [0.25, 0.3) is 0 Å². The highest BCUT2D eigenvalue weighted by Crippen LogP contribution is 2.23. The van der Waals surface area contributed by atoms with E-state index in [1.54, 1.807) is 16.2 Å². The fraction of sp³-hybridized carbons (Fsp3) is 0.571. The number of carbonyl (C=O) groups excluding carboxylic acids is 2. The summed E-state index contributed by atoms with van der Waals surface area (Å²) in [6.07, 6.45) is 3.06. The summed E-state index contributed by atoms with van der Waals surface area (Å²) in [6.45, 7) is 3.15. The van der Waals surface area contributed by atoms with Gasteiger partial charge in [0.05, 0.1) is 6.54 Å². The summed E-state index contributed by atoms with van der Waals surface area (Å²) in [7, 11) is 0. The molecule has 1 fully saturated rings. The zero-order valence-electron chi connectivity index (χ0n) is 11.4. The lowest BCUT2D eigenvalue weighted by Crippen LogP contribution is -2.45. The van der Waals surface area contributed by atoms with E-state index in [4.69, 9.17) is 0 Å². The van der Waals surface area contributed by atoms with Crippen molar-refractivity contribution in [3.8, 4) is 0 Å². The van der Waals surface area contributed by atoms with Gasteiger partial charge in [0.15, 0.2) is 0 Å². The molecule has 0 unspecified atom stereocenters. The molecule has 3 heterocycles. The minimum atomic E-state index is -0.107. The Kier molecular flexibility index (Phi) is 3.91. The third kappa shape index (κ3) is 2.80. The van der Waals surface area contributed by atoms with Crippen molar-refractivity contribution in [1.82, 2.24) is 15.1 Å². The summed E-state index contributed by atoms with van der Waals surface area (Å²) in [6, 6.07) is 1.98. The summed E-state index contributed by atoms with van der Waals surface area (Å²) >= 11 is 1.76. The number of carbonyl (C=O) groups is 2. The first-order valence-electron chi connectivity index (χ1n) is 7.10. The maximum absolute atomic E-state index is 12.1. The molecule has 0 aliphatic carbocycles. The molecule has 20 heavy (non-hydrogen) atoms. The minimum Gasteiger partial charge on any atom is -0.336 e. The van der Waals surface area contributed by atoms with Crippen molar-refractivity contribution in [3.05, 3.63) is 21.9 Å². The van der Waals surface area contributed by atoms with E-state index in [1.165, 1.54) is 10.4 Å². The zero-order valence-corrected chi connectivity index (χ0v) is 12.2. The lowest BCUT2D eigenvalue weighted by Gasteiger charge is -2.27. The van der Waals surface area contributed by atoms with Gasteiger partial charge in [-0.15, -0.1) is 11.3 Å². The smallest absolute Gasteiger partial charge is 0.317 e. The summed E-state index contributed by atoms with van der Waals surface area (Å²) in [5.74, 6) is 0.00870. The fourth-order valence-electron chi connectivity index (χ4n) is 2.76. The van der Waals surface area contributed by atoms with E-state index in [9.17, 15) is 9.59 Å². The molecular weight excluding hydrogens is 274 g/mol. The van der Waals surface area contributed by atoms with Crippen molar-refractivity contribution in [2.75, 3.05) is 26.2 Å². The molecule has 0 saturated carbocycles. The molecule has 1 saturated heterocycles. The molecule has 0 bridgehead atoms. The fourth-order valence-corrected chi connectivity index (χ4v) is 3.65. The zero-order chi connectivity index (χ0) is 13.9. The van der Waals surface area contributed by atoms with Crippen LogP contribution < -0.4 is 5.32 Å². The van der Waals surface area contributed by atoms with Crippen LogP contribution in [0.1, 0.15) is 23.3 Å². The monoisotopic (exact) mass is 293 g/mol. The second-order valence-corrected chi connectivity index (χ2v) is 6.29. The molecule has 3 rings (SSSR count). The standard InChI is InChI=1S/C14H19N3O2S/c18-13(9-15-14(19)16-5-1-2-6-16)17-7-3-12-11(10-17)4-8-20-12/h4,8H,1-3,5-7,9-10H2,(H,15,19). The molecule has 5 nitrogen and oxygen atoms in total. The molecule has 1 N–H and O–H groups in total. The third-order valence-electron chi connectivity index (χ3n) is 3.94. The molecule has 2 aliphatic rings. The van der Waals surface area contributed by atoms with Crippen LogP contribution in [-0.4, -0.2) is 47.9 Å². The van der Waals surface area contributed by atoms with Gasteiger partial charge in [-0.1, -0.05) is 0 Å². The van der Waals surface area contributed by atoms with Crippen LogP contribution in [0.2, 0.25) is 0 Å². The number of urea groups is 1. The topological polar surface area (TPSA) is 52.7 Å². The number of rotatable bonds is 2. The third-order valence-corrected chi connectivity index (χ3v) is 4.97. The Balaban J connectivity index is 1.49. The first kappa shape index (κ1) is 13.4. The normalized spacial score (nSPS) is 18.0. The minimum absolute atomic E-state index is 0.00870. The Morgan fingerprint density at radius 3 is 2.80 bits per heavy atom. The molecule has 1 aromatic heterocycles. The molecule has 2 aliphatic heterocycles. The van der Waals surface area contributed by atoms with Crippen molar-refractivity contribution in [3.63, 3.8) is 0 Å². The van der Waals surface area contributed by atoms with E-state index < -0.39 is 0 Å². The Bertz CT molecular complexity index is 508. The van der Waals surface area contributed by atoms with Crippen molar-refractivity contribution in [2.24, 2.45) is 0 Å². The lowest BCUT2D eigenvalue weighted by molar-refractivity contribution is -0.131. The molecule has 0 atom stereocenters. The predicted molar refractivity (Wildman–Crippen MR) is 77.6 cm³/mol. The average molecular weight is 293 g/mol. The Morgan fingerprint density at radius 2 is 2.00 bits per heavy atom. The molecule has 0 aromatic carbocycles. The summed E-state index contributed by atoms with van der Waals surface area (Å²) in [4.78, 5) is 29.0. The molecule has 0 spiro atoms. The average Bonchev–Trinajstić information content (AvgIpc) is 3.13. The van der Waals surface area contributed by atoms with Crippen LogP contribution in [0.15, 0.2) is 11.4 Å². The van der Waals surface area contributed by atoms with Crippen molar-refractivity contribution >= 4 is 23.3 Å². The molecular formula is C14H19N3O2S. The molecule has 3 amide bonds. The van der Waals surface area contributed by atoms with Gasteiger partial charge >= 0.3 is 6.03 Å². The van der Waals surface area contributed by atoms with Gasteiger partial charge in [-0.25, -0.2) is 4.79 Å². The SMILES string of the molecule is O=C(CNC(=O)N1CCCC1)N1CCc2sccc2C1. The summed E-state index contributed by atoms with van der Waals surface area (Å²) in [5.41, 5.74) is 1.25. The van der Waals surface area contributed by atoms with Crippen LogP contribution in [0.4, 0.5) is 4.79 Å².